The molecule has 1 aliphatic rings. The third kappa shape index (κ3) is 5.81. The molecule has 2 aromatic carbocycles. The van der Waals surface area contributed by atoms with Crippen LogP contribution in [0.15, 0.2) is 48.5 Å². The Morgan fingerprint density at radius 2 is 1.91 bits per heavy atom. The summed E-state index contributed by atoms with van der Waals surface area (Å²) in [7, 11) is 0. The van der Waals surface area contributed by atoms with Crippen LogP contribution >= 0.6 is 11.6 Å². The minimum atomic E-state index is -0.284. The number of anilines is 1. The lowest BCUT2D eigenvalue weighted by Crippen LogP contribution is -2.38. The standard InChI is InChI=1S/C26H29ClFN3O2/c1-2-25(33)31(12-9-18-3-7-22(28)8-4-18)17-20-15-19-5-6-21(27)16-24(19)29-26(20)30-13-10-23(32)11-14-30/h3-8,15-16,23,32H,2,9-14,17H2,1H3. The van der Waals surface area contributed by atoms with E-state index in [2.05, 4.69) is 11.0 Å². The Balaban J connectivity index is 1.64. The summed E-state index contributed by atoms with van der Waals surface area (Å²) in [5, 5.41) is 11.6. The quantitative estimate of drug-likeness (QED) is 0.530. The Labute approximate surface area is 198 Å². The number of hydrogen-bond acceptors (Lipinski definition) is 4. The zero-order chi connectivity index (χ0) is 23.4. The fourth-order valence-electron chi connectivity index (χ4n) is 4.28. The number of halogens is 2. The van der Waals surface area contributed by atoms with E-state index in [-0.39, 0.29) is 17.8 Å². The van der Waals surface area contributed by atoms with Crippen LogP contribution in [0.25, 0.3) is 10.9 Å². The van der Waals surface area contributed by atoms with Crippen LogP contribution in [0.1, 0.15) is 37.3 Å². The molecular formula is C26H29ClFN3O2. The highest BCUT2D eigenvalue weighted by atomic mass is 35.5. The van der Waals surface area contributed by atoms with Gasteiger partial charge in [-0.05, 0) is 55.2 Å². The Kier molecular flexibility index (Phi) is 7.46. The molecule has 0 spiro atoms. The lowest BCUT2D eigenvalue weighted by Gasteiger charge is -2.33. The van der Waals surface area contributed by atoms with Gasteiger partial charge in [-0.3, -0.25) is 4.79 Å². The van der Waals surface area contributed by atoms with Gasteiger partial charge in [-0.2, -0.15) is 0 Å². The second-order valence-electron chi connectivity index (χ2n) is 8.57. The van der Waals surface area contributed by atoms with Crippen molar-refractivity contribution in [3.8, 4) is 0 Å². The minimum absolute atomic E-state index is 0.0633. The van der Waals surface area contributed by atoms with Crippen molar-refractivity contribution < 1.29 is 14.3 Å². The number of carbonyl (C=O) groups is 1. The minimum Gasteiger partial charge on any atom is -0.393 e. The summed E-state index contributed by atoms with van der Waals surface area (Å²) in [6, 6.07) is 14.1. The van der Waals surface area contributed by atoms with Crippen LogP contribution in [0.3, 0.4) is 0 Å². The number of piperidine rings is 1. The number of benzene rings is 2. The highest BCUT2D eigenvalue weighted by molar-refractivity contribution is 6.31. The Bertz CT molecular complexity index is 1110. The zero-order valence-corrected chi connectivity index (χ0v) is 19.6. The summed E-state index contributed by atoms with van der Waals surface area (Å²) in [5.41, 5.74) is 2.77. The maximum absolute atomic E-state index is 13.3. The molecule has 174 valence electrons. The first-order valence-electron chi connectivity index (χ1n) is 11.5. The molecule has 5 nitrogen and oxygen atoms in total. The topological polar surface area (TPSA) is 56.7 Å². The second kappa shape index (κ2) is 10.5. The maximum atomic E-state index is 13.3. The van der Waals surface area contributed by atoms with Gasteiger partial charge in [-0.1, -0.05) is 36.7 Å². The zero-order valence-electron chi connectivity index (χ0n) is 18.8. The molecule has 33 heavy (non-hydrogen) atoms. The molecule has 4 rings (SSSR count). The fourth-order valence-corrected chi connectivity index (χ4v) is 4.44. The molecule has 0 unspecified atom stereocenters. The number of aliphatic hydroxyl groups is 1. The van der Waals surface area contributed by atoms with E-state index in [0.717, 1.165) is 27.8 Å². The number of aliphatic hydroxyl groups excluding tert-OH is 1. The molecule has 1 fully saturated rings. The van der Waals surface area contributed by atoms with Gasteiger partial charge >= 0.3 is 0 Å². The fraction of sp³-hybridized carbons (Fsp3) is 0.385. The normalized spacial score (nSPS) is 14.6. The summed E-state index contributed by atoms with van der Waals surface area (Å²) in [6.07, 6.45) is 2.15. The van der Waals surface area contributed by atoms with Crippen molar-refractivity contribution in [2.75, 3.05) is 24.5 Å². The van der Waals surface area contributed by atoms with E-state index in [1.54, 1.807) is 12.1 Å². The molecular weight excluding hydrogens is 441 g/mol. The smallest absolute Gasteiger partial charge is 0.222 e. The van der Waals surface area contributed by atoms with Crippen LogP contribution in [-0.2, 0) is 17.8 Å². The number of aromatic nitrogens is 1. The Morgan fingerprint density at radius 1 is 1.18 bits per heavy atom. The highest BCUT2D eigenvalue weighted by Crippen LogP contribution is 2.29. The van der Waals surface area contributed by atoms with Crippen molar-refractivity contribution >= 4 is 34.2 Å². The molecule has 7 heteroatoms. The number of rotatable bonds is 7. The van der Waals surface area contributed by atoms with Crippen molar-refractivity contribution in [3.63, 3.8) is 0 Å². The maximum Gasteiger partial charge on any atom is 0.222 e. The number of carbonyl (C=O) groups excluding carboxylic acids is 1. The molecule has 1 amide bonds. The first-order valence-corrected chi connectivity index (χ1v) is 11.8. The highest BCUT2D eigenvalue weighted by Gasteiger charge is 2.23. The van der Waals surface area contributed by atoms with Crippen molar-refractivity contribution in [3.05, 3.63) is 70.5 Å². The summed E-state index contributed by atoms with van der Waals surface area (Å²) < 4.78 is 13.3. The first kappa shape index (κ1) is 23.5. The lowest BCUT2D eigenvalue weighted by atomic mass is 10.1. The Hall–Kier alpha value is -2.70. The van der Waals surface area contributed by atoms with Crippen LogP contribution in [-0.4, -0.2) is 46.6 Å². The third-order valence-electron chi connectivity index (χ3n) is 6.20. The van der Waals surface area contributed by atoms with Gasteiger partial charge in [0.15, 0.2) is 0 Å². The van der Waals surface area contributed by atoms with Crippen molar-refractivity contribution in [1.82, 2.24) is 9.88 Å². The molecule has 0 aliphatic carbocycles. The van der Waals surface area contributed by atoms with E-state index in [0.29, 0.717) is 56.9 Å². The molecule has 1 N–H and O–H groups in total. The largest absolute Gasteiger partial charge is 0.393 e. The average Bonchev–Trinajstić information content (AvgIpc) is 2.82. The van der Waals surface area contributed by atoms with Crippen LogP contribution in [0.2, 0.25) is 5.02 Å². The summed E-state index contributed by atoms with van der Waals surface area (Å²) >= 11 is 6.21. The van der Waals surface area contributed by atoms with Gasteiger partial charge < -0.3 is 14.9 Å². The van der Waals surface area contributed by atoms with E-state index < -0.39 is 0 Å². The average molecular weight is 470 g/mol. The Morgan fingerprint density at radius 3 is 2.61 bits per heavy atom. The predicted octanol–water partition coefficient (Wildman–Crippen LogP) is 4.97. The molecule has 1 aromatic heterocycles. The third-order valence-corrected chi connectivity index (χ3v) is 6.43. The predicted molar refractivity (Wildman–Crippen MR) is 130 cm³/mol. The molecule has 0 atom stereocenters. The molecule has 3 aromatic rings. The molecule has 2 heterocycles. The van der Waals surface area contributed by atoms with Gasteiger partial charge in [-0.25, -0.2) is 9.37 Å². The molecule has 1 aliphatic heterocycles. The number of amides is 1. The summed E-state index contributed by atoms with van der Waals surface area (Å²) in [4.78, 5) is 21.8. The van der Waals surface area contributed by atoms with Crippen molar-refractivity contribution in [2.24, 2.45) is 0 Å². The van der Waals surface area contributed by atoms with Crippen molar-refractivity contribution in [1.29, 1.82) is 0 Å². The van der Waals surface area contributed by atoms with Gasteiger partial charge in [0.2, 0.25) is 5.91 Å². The first-order chi connectivity index (χ1) is 15.9. The monoisotopic (exact) mass is 469 g/mol. The number of pyridine rings is 1. The van der Waals surface area contributed by atoms with E-state index >= 15 is 0 Å². The SMILES string of the molecule is CCC(=O)N(CCc1ccc(F)cc1)Cc1cc2ccc(Cl)cc2nc1N1CCC(O)CC1. The molecule has 1 saturated heterocycles. The van der Waals surface area contributed by atoms with Crippen LogP contribution in [0.5, 0.6) is 0 Å². The number of nitrogens with zero attached hydrogens (tertiary/aromatic N) is 3. The molecule has 0 bridgehead atoms. The van der Waals surface area contributed by atoms with Gasteiger partial charge in [0, 0.05) is 48.6 Å². The number of fused-ring (bicyclic) bond motifs is 1. The van der Waals surface area contributed by atoms with E-state index in [1.165, 1.54) is 12.1 Å². The van der Waals surface area contributed by atoms with Gasteiger partial charge in [0.05, 0.1) is 11.6 Å². The van der Waals surface area contributed by atoms with E-state index in [9.17, 15) is 14.3 Å². The molecule has 0 saturated carbocycles. The summed E-state index contributed by atoms with van der Waals surface area (Å²) in [5.74, 6) is 0.638. The molecule has 0 radical (unpaired) electrons. The van der Waals surface area contributed by atoms with Gasteiger partial charge in [0.1, 0.15) is 11.6 Å². The van der Waals surface area contributed by atoms with E-state index in [4.69, 9.17) is 16.6 Å². The van der Waals surface area contributed by atoms with E-state index in [1.807, 2.05) is 30.0 Å². The second-order valence-corrected chi connectivity index (χ2v) is 9.01. The van der Waals surface area contributed by atoms with Gasteiger partial charge in [0.25, 0.3) is 0 Å². The lowest BCUT2D eigenvalue weighted by molar-refractivity contribution is -0.131. The number of hydrogen-bond donors (Lipinski definition) is 1. The van der Waals surface area contributed by atoms with Crippen molar-refractivity contribution in [2.45, 2.75) is 45.3 Å². The van der Waals surface area contributed by atoms with Crippen LogP contribution in [0, 0.1) is 5.82 Å². The summed E-state index contributed by atoms with van der Waals surface area (Å²) in [6.45, 7) is 4.26. The van der Waals surface area contributed by atoms with Gasteiger partial charge in [-0.15, -0.1) is 0 Å². The van der Waals surface area contributed by atoms with Crippen LogP contribution in [0.4, 0.5) is 10.2 Å². The van der Waals surface area contributed by atoms with Crippen LogP contribution < -0.4 is 4.90 Å².